The first-order valence-electron chi connectivity index (χ1n) is 4.84. The smallest absolute Gasteiger partial charge is 0.0846 e. The second-order valence-electron chi connectivity index (χ2n) is 3.64. The van der Waals surface area contributed by atoms with Crippen molar-refractivity contribution in [2.24, 2.45) is 7.05 Å². The van der Waals surface area contributed by atoms with Crippen LogP contribution in [-0.4, -0.2) is 14.6 Å². The molecule has 0 spiro atoms. The summed E-state index contributed by atoms with van der Waals surface area (Å²) in [4.78, 5) is 0.579. The van der Waals surface area contributed by atoms with Crippen molar-refractivity contribution in [2.45, 2.75) is 37.9 Å². The molecule has 0 aliphatic carbocycles. The van der Waals surface area contributed by atoms with E-state index >= 15 is 0 Å². The molecule has 1 aromatic rings. The predicted molar refractivity (Wildman–Crippen MR) is 64.3 cm³/mol. The van der Waals surface area contributed by atoms with E-state index in [0.29, 0.717) is 4.83 Å². The second kappa shape index (κ2) is 5.17. The number of rotatable bonds is 4. The number of nitrogens with zero attached hydrogens (tertiary/aromatic N) is 2. The molecule has 0 fully saturated rings. The van der Waals surface area contributed by atoms with Crippen molar-refractivity contribution in [3.63, 3.8) is 0 Å². The predicted octanol–water partition coefficient (Wildman–Crippen LogP) is 3.49. The molecule has 0 amide bonds. The van der Waals surface area contributed by atoms with Crippen LogP contribution in [0.5, 0.6) is 0 Å². The Bertz CT molecular complexity index is 307. The molecule has 1 unspecified atom stereocenters. The molecular formula is C10H16BrClN2. The van der Waals surface area contributed by atoms with Crippen LogP contribution in [0.3, 0.4) is 0 Å². The van der Waals surface area contributed by atoms with Crippen LogP contribution >= 0.6 is 27.5 Å². The third-order valence-corrected chi connectivity index (χ3v) is 3.23. The van der Waals surface area contributed by atoms with Crippen molar-refractivity contribution in [1.82, 2.24) is 9.78 Å². The first-order valence-corrected chi connectivity index (χ1v) is 6.13. The molecule has 0 aliphatic heterocycles. The SMILES string of the molecule is Cc1nn(C)c(CCCC(C)Br)c1Cl. The van der Waals surface area contributed by atoms with Crippen LogP contribution in [0.1, 0.15) is 31.2 Å². The molecule has 0 radical (unpaired) electrons. The van der Waals surface area contributed by atoms with Crippen LogP contribution in [0, 0.1) is 6.92 Å². The van der Waals surface area contributed by atoms with Gasteiger partial charge >= 0.3 is 0 Å². The fraction of sp³-hybridized carbons (Fsp3) is 0.700. The lowest BCUT2D eigenvalue weighted by molar-refractivity contribution is 0.658. The molecule has 80 valence electrons. The number of alkyl halides is 1. The molecule has 0 saturated heterocycles. The minimum atomic E-state index is 0.579. The number of hydrogen-bond acceptors (Lipinski definition) is 1. The first-order chi connectivity index (χ1) is 6.52. The zero-order chi connectivity index (χ0) is 10.7. The standard InChI is InChI=1S/C10H16BrClN2/c1-7(11)5-4-6-9-10(12)8(2)13-14(9)3/h7H,4-6H2,1-3H3. The van der Waals surface area contributed by atoms with Gasteiger partial charge in [0.2, 0.25) is 0 Å². The number of halogens is 2. The summed E-state index contributed by atoms with van der Waals surface area (Å²) in [6, 6.07) is 0. The third-order valence-electron chi connectivity index (χ3n) is 2.28. The average molecular weight is 280 g/mol. The van der Waals surface area contributed by atoms with E-state index in [1.165, 1.54) is 6.42 Å². The van der Waals surface area contributed by atoms with E-state index in [2.05, 4.69) is 28.0 Å². The summed E-state index contributed by atoms with van der Waals surface area (Å²) < 4.78 is 1.89. The second-order valence-corrected chi connectivity index (χ2v) is 5.58. The normalized spacial score (nSPS) is 13.2. The van der Waals surface area contributed by atoms with Crippen molar-refractivity contribution < 1.29 is 0 Å². The lowest BCUT2D eigenvalue weighted by atomic mass is 10.1. The quantitative estimate of drug-likeness (QED) is 0.772. The maximum Gasteiger partial charge on any atom is 0.0846 e. The number of hydrogen-bond donors (Lipinski definition) is 0. The molecule has 2 nitrogen and oxygen atoms in total. The van der Waals surface area contributed by atoms with Gasteiger partial charge in [-0.25, -0.2) is 0 Å². The van der Waals surface area contributed by atoms with Crippen LogP contribution in [0.2, 0.25) is 5.02 Å². The van der Waals surface area contributed by atoms with Crippen LogP contribution in [0.15, 0.2) is 0 Å². The van der Waals surface area contributed by atoms with Gasteiger partial charge in [0, 0.05) is 11.9 Å². The summed E-state index contributed by atoms with van der Waals surface area (Å²) in [5.74, 6) is 0. The summed E-state index contributed by atoms with van der Waals surface area (Å²) in [6.07, 6.45) is 3.32. The van der Waals surface area contributed by atoms with Crippen molar-refractivity contribution in [2.75, 3.05) is 0 Å². The molecule has 4 heteroatoms. The molecule has 0 aromatic carbocycles. The van der Waals surface area contributed by atoms with Gasteiger partial charge in [-0.3, -0.25) is 4.68 Å². The highest BCUT2D eigenvalue weighted by Gasteiger charge is 2.10. The minimum Gasteiger partial charge on any atom is -0.271 e. The summed E-state index contributed by atoms with van der Waals surface area (Å²) in [7, 11) is 1.95. The summed E-state index contributed by atoms with van der Waals surface area (Å²) >= 11 is 9.67. The first kappa shape index (κ1) is 12.1. The Balaban J connectivity index is 2.58. The molecule has 14 heavy (non-hydrogen) atoms. The van der Waals surface area contributed by atoms with Crippen molar-refractivity contribution in [3.05, 3.63) is 16.4 Å². The van der Waals surface area contributed by atoms with Gasteiger partial charge in [0.1, 0.15) is 0 Å². The molecule has 0 bridgehead atoms. The zero-order valence-corrected chi connectivity index (χ0v) is 11.2. The van der Waals surface area contributed by atoms with Gasteiger partial charge in [0.15, 0.2) is 0 Å². The Morgan fingerprint density at radius 3 is 2.64 bits per heavy atom. The van der Waals surface area contributed by atoms with Gasteiger partial charge in [0.25, 0.3) is 0 Å². The molecule has 0 N–H and O–H groups in total. The molecule has 1 atom stereocenters. The van der Waals surface area contributed by atoms with E-state index < -0.39 is 0 Å². The fourth-order valence-corrected chi connectivity index (χ4v) is 2.08. The Kier molecular flexibility index (Phi) is 4.45. The molecular weight excluding hydrogens is 263 g/mol. The maximum absolute atomic E-state index is 6.13. The Hall–Kier alpha value is -0.0200. The van der Waals surface area contributed by atoms with Crippen LogP contribution < -0.4 is 0 Å². The van der Waals surface area contributed by atoms with Crippen molar-refractivity contribution >= 4 is 27.5 Å². The van der Waals surface area contributed by atoms with Gasteiger partial charge in [-0.15, -0.1) is 0 Å². The monoisotopic (exact) mass is 278 g/mol. The summed E-state index contributed by atoms with van der Waals surface area (Å²) in [5, 5.41) is 5.11. The van der Waals surface area contributed by atoms with Gasteiger partial charge < -0.3 is 0 Å². The molecule has 0 aliphatic rings. The number of aryl methyl sites for hydroxylation is 2. The molecule has 1 rings (SSSR count). The minimum absolute atomic E-state index is 0.579. The van der Waals surface area contributed by atoms with Gasteiger partial charge in [-0.1, -0.05) is 34.5 Å². The van der Waals surface area contributed by atoms with Crippen molar-refractivity contribution in [3.8, 4) is 0 Å². The van der Waals surface area contributed by atoms with Crippen LogP contribution in [0.25, 0.3) is 0 Å². The molecule has 1 heterocycles. The fourth-order valence-electron chi connectivity index (χ4n) is 1.50. The van der Waals surface area contributed by atoms with E-state index in [1.54, 1.807) is 0 Å². The van der Waals surface area contributed by atoms with E-state index in [4.69, 9.17) is 11.6 Å². The molecule has 1 aromatic heterocycles. The van der Waals surface area contributed by atoms with E-state index in [-0.39, 0.29) is 0 Å². The highest BCUT2D eigenvalue weighted by Crippen LogP contribution is 2.21. The largest absolute Gasteiger partial charge is 0.271 e. The average Bonchev–Trinajstić information content (AvgIpc) is 2.31. The highest BCUT2D eigenvalue weighted by atomic mass is 79.9. The Labute approximate surface area is 98.8 Å². The van der Waals surface area contributed by atoms with Crippen LogP contribution in [0.4, 0.5) is 0 Å². The topological polar surface area (TPSA) is 17.8 Å². The summed E-state index contributed by atoms with van der Waals surface area (Å²) in [6.45, 7) is 4.11. The lowest BCUT2D eigenvalue weighted by Crippen LogP contribution is -2.00. The number of aromatic nitrogens is 2. The Morgan fingerprint density at radius 1 is 1.57 bits per heavy atom. The third kappa shape index (κ3) is 2.99. The van der Waals surface area contributed by atoms with E-state index in [0.717, 1.165) is 29.3 Å². The zero-order valence-electron chi connectivity index (χ0n) is 8.85. The lowest BCUT2D eigenvalue weighted by Gasteiger charge is -2.04. The van der Waals surface area contributed by atoms with Gasteiger partial charge in [-0.05, 0) is 26.2 Å². The van der Waals surface area contributed by atoms with E-state index in [9.17, 15) is 0 Å². The van der Waals surface area contributed by atoms with E-state index in [1.807, 2.05) is 18.7 Å². The molecule has 0 saturated carbocycles. The van der Waals surface area contributed by atoms with Gasteiger partial charge in [-0.2, -0.15) is 5.10 Å². The maximum atomic E-state index is 6.13. The van der Waals surface area contributed by atoms with Crippen molar-refractivity contribution in [1.29, 1.82) is 0 Å². The van der Waals surface area contributed by atoms with Crippen LogP contribution in [-0.2, 0) is 13.5 Å². The Morgan fingerprint density at radius 2 is 2.21 bits per heavy atom. The summed E-state index contributed by atoms with van der Waals surface area (Å²) in [5.41, 5.74) is 2.08. The van der Waals surface area contributed by atoms with Gasteiger partial charge in [0.05, 0.1) is 16.4 Å². The highest BCUT2D eigenvalue weighted by molar-refractivity contribution is 9.09.